The molecule has 4 rings (SSSR count). The molecular weight excluding hydrogens is 423 g/mol. The maximum atomic E-state index is 13.2. The van der Waals surface area contributed by atoms with Crippen LogP contribution in [-0.4, -0.2) is 27.1 Å². The molecule has 2 heterocycles. The number of hydrogen-bond donors (Lipinski definition) is 0. The lowest BCUT2D eigenvalue weighted by Crippen LogP contribution is -2.28. The second-order valence-corrected chi connectivity index (χ2v) is 8.36. The molecule has 0 saturated carbocycles. The van der Waals surface area contributed by atoms with E-state index in [-0.39, 0.29) is 11.7 Å². The van der Waals surface area contributed by atoms with E-state index in [2.05, 4.69) is 15.6 Å². The van der Waals surface area contributed by atoms with Crippen molar-refractivity contribution in [3.63, 3.8) is 0 Å². The van der Waals surface area contributed by atoms with Crippen LogP contribution in [0.2, 0.25) is 0 Å². The molecule has 7 heteroatoms. The number of aryl methyl sites for hydroxylation is 1. The van der Waals surface area contributed by atoms with Gasteiger partial charge in [-0.25, -0.2) is 9.38 Å². The third kappa shape index (κ3) is 4.10. The van der Waals surface area contributed by atoms with Crippen LogP contribution < -0.4 is 0 Å². The van der Waals surface area contributed by atoms with Crippen LogP contribution in [0.1, 0.15) is 29.4 Å². The first-order chi connectivity index (χ1) is 15.4. The highest BCUT2D eigenvalue weighted by Crippen LogP contribution is 2.35. The Labute approximate surface area is 190 Å². The third-order valence-electron chi connectivity index (χ3n) is 5.27. The van der Waals surface area contributed by atoms with E-state index in [0.29, 0.717) is 27.9 Å². The summed E-state index contributed by atoms with van der Waals surface area (Å²) in [6, 6.07) is 17.5. The lowest BCUT2D eigenvalue weighted by molar-refractivity contribution is -0.122. The van der Waals surface area contributed by atoms with Gasteiger partial charge >= 0.3 is 0 Å². The van der Waals surface area contributed by atoms with Crippen molar-refractivity contribution < 1.29 is 9.18 Å². The summed E-state index contributed by atoms with van der Waals surface area (Å²) in [7, 11) is 0. The van der Waals surface area contributed by atoms with Crippen LogP contribution >= 0.6 is 11.8 Å². The molecule has 1 aliphatic heterocycles. The van der Waals surface area contributed by atoms with Crippen molar-refractivity contribution in [2.24, 2.45) is 4.99 Å². The monoisotopic (exact) mass is 444 g/mol. The fourth-order valence-electron chi connectivity index (χ4n) is 3.65. The van der Waals surface area contributed by atoms with Crippen molar-refractivity contribution in [1.29, 1.82) is 5.26 Å². The second kappa shape index (κ2) is 8.85. The van der Waals surface area contributed by atoms with Crippen LogP contribution in [0.4, 0.5) is 10.1 Å². The zero-order chi connectivity index (χ0) is 22.8. The molecule has 3 aromatic rings. The lowest BCUT2D eigenvalue weighted by Gasteiger charge is -2.12. The molecule has 1 amide bonds. The molecule has 1 aromatic heterocycles. The number of hydrogen-bond acceptors (Lipinski definition) is 4. The number of rotatable bonds is 4. The first-order valence-corrected chi connectivity index (χ1v) is 11.0. The van der Waals surface area contributed by atoms with Crippen LogP contribution in [0.3, 0.4) is 0 Å². The number of nitrogens with zero attached hydrogens (tertiary/aromatic N) is 4. The average molecular weight is 445 g/mol. The molecule has 0 atom stereocenters. The molecule has 5 nitrogen and oxygen atoms in total. The van der Waals surface area contributed by atoms with Gasteiger partial charge in [-0.1, -0.05) is 0 Å². The highest BCUT2D eigenvalue weighted by atomic mass is 32.2. The van der Waals surface area contributed by atoms with E-state index in [4.69, 9.17) is 5.26 Å². The number of amidine groups is 1. The van der Waals surface area contributed by atoms with E-state index in [9.17, 15) is 9.18 Å². The molecule has 1 saturated heterocycles. The summed E-state index contributed by atoms with van der Waals surface area (Å²) >= 11 is 1.32. The predicted molar refractivity (Wildman–Crippen MR) is 126 cm³/mol. The van der Waals surface area contributed by atoms with Crippen molar-refractivity contribution >= 4 is 34.6 Å². The van der Waals surface area contributed by atoms with Gasteiger partial charge in [0.25, 0.3) is 5.91 Å². The minimum absolute atomic E-state index is 0.0958. The highest BCUT2D eigenvalue weighted by Gasteiger charge is 2.32. The minimum Gasteiger partial charge on any atom is -0.318 e. The molecule has 0 aliphatic carbocycles. The van der Waals surface area contributed by atoms with Crippen molar-refractivity contribution in [2.75, 3.05) is 6.54 Å². The molecule has 0 unspecified atom stereocenters. The van der Waals surface area contributed by atoms with Gasteiger partial charge in [0.1, 0.15) is 5.82 Å². The largest absolute Gasteiger partial charge is 0.318 e. The summed E-state index contributed by atoms with van der Waals surface area (Å²) in [5.74, 6) is -0.420. The third-order valence-corrected chi connectivity index (χ3v) is 6.27. The van der Waals surface area contributed by atoms with E-state index >= 15 is 0 Å². The summed E-state index contributed by atoms with van der Waals surface area (Å²) in [6.45, 7) is 6.41. The lowest BCUT2D eigenvalue weighted by atomic mass is 10.2. The smallest absolute Gasteiger partial charge is 0.266 e. The molecule has 32 heavy (non-hydrogen) atoms. The second-order valence-electron chi connectivity index (χ2n) is 7.35. The Bertz CT molecular complexity index is 1280. The van der Waals surface area contributed by atoms with Crippen molar-refractivity contribution in [1.82, 2.24) is 9.47 Å². The van der Waals surface area contributed by atoms with E-state index in [0.717, 1.165) is 22.6 Å². The van der Waals surface area contributed by atoms with Gasteiger partial charge in [0.15, 0.2) is 5.17 Å². The molecule has 0 N–H and O–H groups in total. The number of benzene rings is 2. The summed E-state index contributed by atoms with van der Waals surface area (Å²) in [5, 5.41) is 9.62. The van der Waals surface area contributed by atoms with Crippen molar-refractivity contribution in [3.05, 3.63) is 87.8 Å². The quantitative estimate of drug-likeness (QED) is 0.483. The topological polar surface area (TPSA) is 61.4 Å². The Hall–Kier alpha value is -3.63. The first-order valence-electron chi connectivity index (χ1n) is 10.2. The number of halogens is 1. The van der Waals surface area contributed by atoms with Crippen molar-refractivity contribution in [2.45, 2.75) is 20.8 Å². The molecular formula is C25H21FN4OS. The van der Waals surface area contributed by atoms with Gasteiger partial charge < -0.3 is 4.57 Å². The standard InChI is InChI=1S/C25H21FN4OS/c1-4-29-24(31)23(32-25(29)28-21-9-7-20(26)8-10-21)14-19-13-16(2)30(17(19)3)22-11-5-18(15-27)6-12-22/h5-14H,4H2,1-3H3/b23-14+,28-25?. The molecule has 1 fully saturated rings. The summed E-state index contributed by atoms with van der Waals surface area (Å²) in [4.78, 5) is 19.8. The fraction of sp³-hybridized carbons (Fsp3) is 0.160. The van der Waals surface area contributed by atoms with Crippen molar-refractivity contribution in [3.8, 4) is 11.8 Å². The fourth-order valence-corrected chi connectivity index (χ4v) is 4.71. The maximum absolute atomic E-state index is 13.2. The van der Waals surface area contributed by atoms with E-state index in [1.165, 1.54) is 23.9 Å². The van der Waals surface area contributed by atoms with E-state index < -0.39 is 0 Å². The Balaban J connectivity index is 1.68. The molecule has 160 valence electrons. The van der Waals surface area contributed by atoms with Gasteiger partial charge in [-0.2, -0.15) is 5.26 Å². The Morgan fingerprint density at radius 3 is 2.44 bits per heavy atom. The number of thioether (sulfide) groups is 1. The molecule has 0 radical (unpaired) electrons. The number of amides is 1. The van der Waals surface area contributed by atoms with Gasteiger partial charge in [0.05, 0.1) is 22.2 Å². The number of nitriles is 1. The zero-order valence-corrected chi connectivity index (χ0v) is 18.8. The van der Waals surface area contributed by atoms with E-state index in [1.807, 2.05) is 45.0 Å². The van der Waals surface area contributed by atoms with Crippen LogP contribution in [0.15, 0.2) is 64.5 Å². The van der Waals surface area contributed by atoms with Crippen LogP contribution in [0, 0.1) is 31.0 Å². The number of likely N-dealkylation sites (N-methyl/N-ethyl adjacent to an activating group) is 1. The van der Waals surface area contributed by atoms with Crippen LogP contribution in [0.5, 0.6) is 0 Å². The minimum atomic E-state index is -0.324. The number of carbonyl (C=O) groups is 1. The first kappa shape index (κ1) is 21.6. The number of aromatic nitrogens is 1. The normalized spacial score (nSPS) is 16.2. The summed E-state index contributed by atoms with van der Waals surface area (Å²) in [6.07, 6.45) is 1.89. The Morgan fingerprint density at radius 2 is 1.81 bits per heavy atom. The van der Waals surface area contributed by atoms with Gasteiger partial charge in [-0.3, -0.25) is 9.69 Å². The molecule has 2 aromatic carbocycles. The van der Waals surface area contributed by atoms with E-state index in [1.54, 1.807) is 29.2 Å². The van der Waals surface area contributed by atoms with Gasteiger partial charge in [0, 0.05) is 23.6 Å². The van der Waals surface area contributed by atoms with Gasteiger partial charge in [0.2, 0.25) is 0 Å². The van der Waals surface area contributed by atoms with Crippen LogP contribution in [0.25, 0.3) is 11.8 Å². The highest BCUT2D eigenvalue weighted by molar-refractivity contribution is 8.18. The predicted octanol–water partition coefficient (Wildman–Crippen LogP) is 5.73. The molecule has 0 bridgehead atoms. The average Bonchev–Trinajstić information content (AvgIpc) is 3.24. The maximum Gasteiger partial charge on any atom is 0.266 e. The SMILES string of the molecule is CCN1C(=O)/C(=C\c2cc(C)n(-c3ccc(C#N)cc3)c2C)SC1=Nc1ccc(F)cc1. The molecule has 0 spiro atoms. The number of aliphatic imine (C=N–C) groups is 1. The van der Waals surface area contributed by atoms with Gasteiger partial charge in [-0.15, -0.1) is 0 Å². The Kier molecular flexibility index (Phi) is 5.97. The summed E-state index contributed by atoms with van der Waals surface area (Å²) < 4.78 is 15.3. The molecule has 1 aliphatic rings. The van der Waals surface area contributed by atoms with Crippen LogP contribution in [-0.2, 0) is 4.79 Å². The Morgan fingerprint density at radius 1 is 1.12 bits per heavy atom. The summed E-state index contributed by atoms with van der Waals surface area (Å²) in [5.41, 5.74) is 5.14. The number of carbonyl (C=O) groups excluding carboxylic acids is 1. The zero-order valence-electron chi connectivity index (χ0n) is 18.0. The van der Waals surface area contributed by atoms with Gasteiger partial charge in [-0.05, 0) is 98.8 Å².